The second-order valence-corrected chi connectivity index (χ2v) is 3.69. The molecule has 15 heavy (non-hydrogen) atoms. The summed E-state index contributed by atoms with van der Waals surface area (Å²) in [5, 5.41) is 0.670. The predicted octanol–water partition coefficient (Wildman–Crippen LogP) is 3.82. The first kappa shape index (κ1) is 10.1. The van der Waals surface area contributed by atoms with Gasteiger partial charge in [0.15, 0.2) is 0 Å². The molecule has 0 fully saturated rings. The number of benzene rings is 1. The molecule has 0 saturated carbocycles. The van der Waals surface area contributed by atoms with Gasteiger partial charge in [-0.05, 0) is 37.3 Å². The minimum atomic E-state index is 0.425. The monoisotopic (exact) mass is 222 g/mol. The van der Waals surface area contributed by atoms with Crippen LogP contribution >= 0.6 is 11.6 Å². The molecule has 0 N–H and O–H groups in total. The van der Waals surface area contributed by atoms with Crippen LogP contribution in [-0.4, -0.2) is 0 Å². The second kappa shape index (κ2) is 4.41. The molecule has 1 aromatic carbocycles. The summed E-state index contributed by atoms with van der Waals surface area (Å²) in [5.74, 6) is 2.45. The second-order valence-electron chi connectivity index (χ2n) is 3.26. The third kappa shape index (κ3) is 2.77. The minimum absolute atomic E-state index is 0.425. The number of furan rings is 1. The summed E-state index contributed by atoms with van der Waals surface area (Å²) in [6.07, 6.45) is 0. The van der Waals surface area contributed by atoms with E-state index in [0.717, 1.165) is 17.3 Å². The minimum Gasteiger partial charge on any atom is -0.486 e. The van der Waals surface area contributed by atoms with Crippen molar-refractivity contribution in [3.8, 4) is 5.75 Å². The Morgan fingerprint density at radius 3 is 2.80 bits per heavy atom. The van der Waals surface area contributed by atoms with Crippen LogP contribution in [0.4, 0.5) is 0 Å². The number of hydrogen-bond acceptors (Lipinski definition) is 2. The van der Waals surface area contributed by atoms with Crippen LogP contribution in [0.5, 0.6) is 5.75 Å². The summed E-state index contributed by atoms with van der Waals surface area (Å²) >= 11 is 5.83. The Balaban J connectivity index is 1.99. The Bertz CT molecular complexity index is 448. The molecule has 0 radical (unpaired) electrons. The van der Waals surface area contributed by atoms with Gasteiger partial charge in [0.25, 0.3) is 0 Å². The lowest BCUT2D eigenvalue weighted by atomic mass is 10.3. The van der Waals surface area contributed by atoms with Crippen molar-refractivity contribution in [2.24, 2.45) is 0 Å². The third-order valence-electron chi connectivity index (χ3n) is 1.97. The van der Waals surface area contributed by atoms with Crippen LogP contribution in [0.25, 0.3) is 0 Å². The quantitative estimate of drug-likeness (QED) is 0.788. The Kier molecular flexibility index (Phi) is 2.97. The molecule has 2 nitrogen and oxygen atoms in total. The lowest BCUT2D eigenvalue weighted by molar-refractivity contribution is 0.267. The third-order valence-corrected chi connectivity index (χ3v) is 2.21. The predicted molar refractivity (Wildman–Crippen MR) is 59.2 cm³/mol. The zero-order valence-electron chi connectivity index (χ0n) is 8.37. The lowest BCUT2D eigenvalue weighted by Gasteiger charge is -2.03. The van der Waals surface area contributed by atoms with Gasteiger partial charge >= 0.3 is 0 Å². The molecule has 0 unspecified atom stereocenters. The van der Waals surface area contributed by atoms with Gasteiger partial charge in [0, 0.05) is 5.02 Å². The Hall–Kier alpha value is -1.41. The molecule has 0 aliphatic carbocycles. The molecule has 0 amide bonds. The van der Waals surface area contributed by atoms with Crippen LogP contribution in [0.2, 0.25) is 5.02 Å². The SMILES string of the molecule is Cc1ccc(COc2cccc(Cl)c2)o1. The molecule has 2 rings (SSSR count). The van der Waals surface area contributed by atoms with Crippen molar-refractivity contribution in [3.05, 3.63) is 52.9 Å². The molecule has 78 valence electrons. The van der Waals surface area contributed by atoms with E-state index in [0.29, 0.717) is 11.6 Å². The van der Waals surface area contributed by atoms with E-state index < -0.39 is 0 Å². The topological polar surface area (TPSA) is 22.4 Å². The summed E-state index contributed by atoms with van der Waals surface area (Å²) < 4.78 is 10.9. The van der Waals surface area contributed by atoms with Gasteiger partial charge in [0.2, 0.25) is 0 Å². The Morgan fingerprint density at radius 2 is 2.13 bits per heavy atom. The number of rotatable bonds is 3. The molecule has 1 aromatic heterocycles. The maximum absolute atomic E-state index is 5.83. The molecule has 0 spiro atoms. The highest BCUT2D eigenvalue weighted by Crippen LogP contribution is 2.18. The van der Waals surface area contributed by atoms with Crippen LogP contribution in [-0.2, 0) is 6.61 Å². The fourth-order valence-electron chi connectivity index (χ4n) is 1.27. The molecule has 2 aromatic rings. The fourth-order valence-corrected chi connectivity index (χ4v) is 1.45. The highest BCUT2D eigenvalue weighted by molar-refractivity contribution is 6.30. The van der Waals surface area contributed by atoms with Gasteiger partial charge in [-0.1, -0.05) is 17.7 Å². The summed E-state index contributed by atoms with van der Waals surface area (Å²) in [5.41, 5.74) is 0. The van der Waals surface area contributed by atoms with E-state index in [1.54, 1.807) is 6.07 Å². The van der Waals surface area contributed by atoms with E-state index in [2.05, 4.69) is 0 Å². The molecule has 0 bridgehead atoms. The van der Waals surface area contributed by atoms with Crippen LogP contribution in [0.3, 0.4) is 0 Å². The summed E-state index contributed by atoms with van der Waals surface area (Å²) in [4.78, 5) is 0. The average molecular weight is 223 g/mol. The van der Waals surface area contributed by atoms with Gasteiger partial charge in [-0.25, -0.2) is 0 Å². The zero-order chi connectivity index (χ0) is 10.7. The van der Waals surface area contributed by atoms with Crippen molar-refractivity contribution in [2.75, 3.05) is 0 Å². The largest absolute Gasteiger partial charge is 0.486 e. The van der Waals surface area contributed by atoms with Gasteiger partial charge in [-0.2, -0.15) is 0 Å². The molecule has 3 heteroatoms. The number of aryl methyl sites for hydroxylation is 1. The summed E-state index contributed by atoms with van der Waals surface area (Å²) in [6.45, 7) is 2.33. The van der Waals surface area contributed by atoms with Crippen LogP contribution < -0.4 is 4.74 Å². The maximum atomic E-state index is 5.83. The Labute approximate surface area is 93.4 Å². The first-order valence-corrected chi connectivity index (χ1v) is 5.05. The van der Waals surface area contributed by atoms with Crippen LogP contribution in [0.15, 0.2) is 40.8 Å². The van der Waals surface area contributed by atoms with Gasteiger partial charge in [-0.3, -0.25) is 0 Å². The van der Waals surface area contributed by atoms with E-state index in [1.807, 2.05) is 37.3 Å². The molecular formula is C12H11ClO2. The zero-order valence-corrected chi connectivity index (χ0v) is 9.12. The van der Waals surface area contributed by atoms with Gasteiger partial charge < -0.3 is 9.15 Å². The summed E-state index contributed by atoms with van der Waals surface area (Å²) in [6, 6.07) is 11.1. The smallest absolute Gasteiger partial charge is 0.146 e. The molecule has 1 heterocycles. The lowest BCUT2D eigenvalue weighted by Crippen LogP contribution is -1.93. The average Bonchev–Trinajstić information content (AvgIpc) is 2.62. The van der Waals surface area contributed by atoms with E-state index in [9.17, 15) is 0 Å². The Morgan fingerprint density at radius 1 is 1.27 bits per heavy atom. The van der Waals surface area contributed by atoms with Crippen molar-refractivity contribution in [3.63, 3.8) is 0 Å². The molecule has 0 aliphatic heterocycles. The number of hydrogen-bond donors (Lipinski definition) is 0. The molecule has 0 aliphatic rings. The van der Waals surface area contributed by atoms with Crippen LogP contribution in [0, 0.1) is 6.92 Å². The van der Waals surface area contributed by atoms with Crippen molar-refractivity contribution in [2.45, 2.75) is 13.5 Å². The van der Waals surface area contributed by atoms with Gasteiger partial charge in [0.1, 0.15) is 23.9 Å². The van der Waals surface area contributed by atoms with Crippen molar-refractivity contribution in [1.82, 2.24) is 0 Å². The van der Waals surface area contributed by atoms with Gasteiger partial charge in [-0.15, -0.1) is 0 Å². The van der Waals surface area contributed by atoms with Gasteiger partial charge in [0.05, 0.1) is 0 Å². The van der Waals surface area contributed by atoms with E-state index in [4.69, 9.17) is 20.8 Å². The normalized spacial score (nSPS) is 10.3. The summed E-state index contributed by atoms with van der Waals surface area (Å²) in [7, 11) is 0. The standard InChI is InChI=1S/C12H11ClO2/c1-9-5-6-12(15-9)8-14-11-4-2-3-10(13)7-11/h2-7H,8H2,1H3. The molecule has 0 atom stereocenters. The van der Waals surface area contributed by atoms with Crippen molar-refractivity contribution >= 4 is 11.6 Å². The van der Waals surface area contributed by atoms with E-state index in [1.165, 1.54) is 0 Å². The highest BCUT2D eigenvalue weighted by atomic mass is 35.5. The van der Waals surface area contributed by atoms with Crippen molar-refractivity contribution < 1.29 is 9.15 Å². The highest BCUT2D eigenvalue weighted by Gasteiger charge is 2.00. The number of ether oxygens (including phenoxy) is 1. The van der Waals surface area contributed by atoms with E-state index >= 15 is 0 Å². The van der Waals surface area contributed by atoms with Crippen molar-refractivity contribution in [1.29, 1.82) is 0 Å². The van der Waals surface area contributed by atoms with E-state index in [-0.39, 0.29) is 0 Å². The van der Waals surface area contributed by atoms with Crippen LogP contribution in [0.1, 0.15) is 11.5 Å². The molecular weight excluding hydrogens is 212 g/mol. The first-order valence-electron chi connectivity index (χ1n) is 4.68. The number of halogens is 1. The maximum Gasteiger partial charge on any atom is 0.146 e. The first-order chi connectivity index (χ1) is 7.24. The molecule has 0 saturated heterocycles. The fraction of sp³-hybridized carbons (Fsp3) is 0.167.